The van der Waals surface area contributed by atoms with Crippen LogP contribution in [0.15, 0.2) is 53.0 Å². The molecule has 1 aliphatic heterocycles. The second-order valence-electron chi connectivity index (χ2n) is 4.37. The number of ether oxygens (including phenoxy) is 1. The van der Waals surface area contributed by atoms with E-state index < -0.39 is 0 Å². The summed E-state index contributed by atoms with van der Waals surface area (Å²) in [5, 5.41) is 0. The SMILES string of the molecule is O=C1COc2cc(Br)ccc2N1Cc1ccccc1. The Morgan fingerprint density at radius 2 is 1.95 bits per heavy atom. The van der Waals surface area contributed by atoms with E-state index in [2.05, 4.69) is 15.9 Å². The molecule has 0 bridgehead atoms. The van der Waals surface area contributed by atoms with E-state index in [1.165, 1.54) is 0 Å². The minimum absolute atomic E-state index is 0.0151. The zero-order valence-electron chi connectivity index (χ0n) is 10.2. The quantitative estimate of drug-likeness (QED) is 0.850. The molecular weight excluding hydrogens is 306 g/mol. The molecule has 0 atom stereocenters. The van der Waals surface area contributed by atoms with Crippen LogP contribution in [-0.4, -0.2) is 12.5 Å². The van der Waals surface area contributed by atoms with Gasteiger partial charge >= 0.3 is 0 Å². The van der Waals surface area contributed by atoms with Gasteiger partial charge in [-0.1, -0.05) is 46.3 Å². The number of benzene rings is 2. The Bertz CT molecular complexity index is 613. The Balaban J connectivity index is 1.95. The number of amides is 1. The zero-order valence-corrected chi connectivity index (χ0v) is 11.8. The molecule has 0 unspecified atom stereocenters. The summed E-state index contributed by atoms with van der Waals surface area (Å²) in [6, 6.07) is 15.7. The van der Waals surface area contributed by atoms with Gasteiger partial charge < -0.3 is 9.64 Å². The van der Waals surface area contributed by atoms with Gasteiger partial charge in [-0.25, -0.2) is 0 Å². The van der Waals surface area contributed by atoms with E-state index in [1.54, 1.807) is 4.90 Å². The maximum absolute atomic E-state index is 12.0. The Hall–Kier alpha value is -1.81. The molecule has 0 spiro atoms. The molecule has 3 rings (SSSR count). The van der Waals surface area contributed by atoms with Gasteiger partial charge in [0.15, 0.2) is 6.61 Å². The highest BCUT2D eigenvalue weighted by atomic mass is 79.9. The molecule has 1 heterocycles. The molecule has 2 aromatic carbocycles. The lowest BCUT2D eigenvalue weighted by Gasteiger charge is -2.29. The lowest BCUT2D eigenvalue weighted by molar-refractivity contribution is -0.121. The summed E-state index contributed by atoms with van der Waals surface area (Å²) in [5.74, 6) is 0.726. The zero-order chi connectivity index (χ0) is 13.2. The lowest BCUT2D eigenvalue weighted by Crippen LogP contribution is -2.38. The number of anilines is 1. The minimum atomic E-state index is -0.0151. The molecule has 0 aliphatic carbocycles. The maximum atomic E-state index is 12.0. The van der Waals surface area contributed by atoms with Crippen molar-refractivity contribution in [3.63, 3.8) is 0 Å². The molecule has 19 heavy (non-hydrogen) atoms. The molecule has 0 radical (unpaired) electrons. The van der Waals surface area contributed by atoms with Gasteiger partial charge in [0.25, 0.3) is 5.91 Å². The summed E-state index contributed by atoms with van der Waals surface area (Å²) in [6.45, 7) is 0.661. The molecule has 96 valence electrons. The van der Waals surface area contributed by atoms with Crippen molar-refractivity contribution >= 4 is 27.5 Å². The summed E-state index contributed by atoms with van der Waals surface area (Å²) >= 11 is 3.41. The van der Waals surface area contributed by atoms with Gasteiger partial charge in [0, 0.05) is 4.47 Å². The molecule has 0 N–H and O–H groups in total. The molecule has 1 aliphatic rings. The van der Waals surface area contributed by atoms with E-state index >= 15 is 0 Å². The summed E-state index contributed by atoms with van der Waals surface area (Å²) in [4.78, 5) is 13.8. The van der Waals surface area contributed by atoms with Crippen molar-refractivity contribution < 1.29 is 9.53 Å². The Kier molecular flexibility index (Phi) is 3.25. The standard InChI is InChI=1S/C15H12BrNO2/c16-12-6-7-13-14(8-12)19-10-15(18)17(13)9-11-4-2-1-3-5-11/h1-8H,9-10H2. The highest BCUT2D eigenvalue weighted by Crippen LogP contribution is 2.35. The molecule has 0 aromatic heterocycles. The fourth-order valence-corrected chi connectivity index (χ4v) is 2.46. The third-order valence-electron chi connectivity index (χ3n) is 3.05. The van der Waals surface area contributed by atoms with Crippen LogP contribution >= 0.6 is 15.9 Å². The van der Waals surface area contributed by atoms with Crippen LogP contribution in [0.5, 0.6) is 5.75 Å². The molecule has 0 saturated carbocycles. The third kappa shape index (κ3) is 2.49. The van der Waals surface area contributed by atoms with Gasteiger partial charge in [0.1, 0.15) is 5.75 Å². The highest BCUT2D eigenvalue weighted by molar-refractivity contribution is 9.10. The number of rotatable bonds is 2. The van der Waals surface area contributed by atoms with Crippen molar-refractivity contribution in [2.45, 2.75) is 6.54 Å². The average molecular weight is 318 g/mol. The first-order valence-corrected chi connectivity index (χ1v) is 6.80. The maximum Gasteiger partial charge on any atom is 0.265 e. The number of hydrogen-bond acceptors (Lipinski definition) is 2. The van der Waals surface area contributed by atoms with E-state index in [4.69, 9.17) is 4.74 Å². The van der Waals surface area contributed by atoms with Crippen molar-refractivity contribution in [1.82, 2.24) is 0 Å². The number of fused-ring (bicyclic) bond motifs is 1. The molecular formula is C15H12BrNO2. The number of nitrogens with zero attached hydrogens (tertiary/aromatic N) is 1. The topological polar surface area (TPSA) is 29.5 Å². The van der Waals surface area contributed by atoms with Crippen LogP contribution in [0.2, 0.25) is 0 Å². The minimum Gasteiger partial charge on any atom is -0.482 e. The van der Waals surface area contributed by atoms with Crippen LogP contribution in [-0.2, 0) is 11.3 Å². The first-order chi connectivity index (χ1) is 9.24. The second kappa shape index (κ2) is 5.05. The number of carbonyl (C=O) groups excluding carboxylic acids is 1. The van der Waals surface area contributed by atoms with Crippen LogP contribution in [0.3, 0.4) is 0 Å². The fourth-order valence-electron chi connectivity index (χ4n) is 2.12. The van der Waals surface area contributed by atoms with E-state index in [0.29, 0.717) is 6.54 Å². The molecule has 4 heteroatoms. The predicted octanol–water partition coefficient (Wildman–Crippen LogP) is 3.37. The first-order valence-electron chi connectivity index (χ1n) is 6.01. The normalized spacial score (nSPS) is 13.9. The molecule has 3 nitrogen and oxygen atoms in total. The van der Waals surface area contributed by atoms with Gasteiger partial charge in [-0.2, -0.15) is 0 Å². The van der Waals surface area contributed by atoms with Crippen molar-refractivity contribution in [2.24, 2.45) is 0 Å². The van der Waals surface area contributed by atoms with E-state index in [-0.39, 0.29) is 12.5 Å². The van der Waals surface area contributed by atoms with E-state index in [0.717, 1.165) is 21.5 Å². The van der Waals surface area contributed by atoms with Gasteiger partial charge in [-0.15, -0.1) is 0 Å². The largest absolute Gasteiger partial charge is 0.482 e. The monoisotopic (exact) mass is 317 g/mol. The van der Waals surface area contributed by atoms with Crippen LogP contribution in [0.4, 0.5) is 5.69 Å². The molecule has 0 saturated heterocycles. The van der Waals surface area contributed by atoms with Crippen LogP contribution in [0, 0.1) is 0 Å². The summed E-state index contributed by atoms with van der Waals surface area (Å²) < 4.78 is 6.41. The second-order valence-corrected chi connectivity index (χ2v) is 5.28. The number of hydrogen-bond donors (Lipinski definition) is 0. The van der Waals surface area contributed by atoms with Crippen LogP contribution in [0.1, 0.15) is 5.56 Å². The van der Waals surface area contributed by atoms with E-state index in [1.807, 2.05) is 48.5 Å². The average Bonchev–Trinajstić information content (AvgIpc) is 2.43. The summed E-state index contributed by atoms with van der Waals surface area (Å²) in [6.07, 6.45) is 0. The Morgan fingerprint density at radius 3 is 2.74 bits per heavy atom. The van der Waals surface area contributed by atoms with E-state index in [9.17, 15) is 4.79 Å². The molecule has 2 aromatic rings. The van der Waals surface area contributed by atoms with Crippen LogP contribution in [0.25, 0.3) is 0 Å². The third-order valence-corrected chi connectivity index (χ3v) is 3.54. The van der Waals surface area contributed by atoms with Crippen molar-refractivity contribution in [1.29, 1.82) is 0 Å². The first kappa shape index (κ1) is 12.2. The van der Waals surface area contributed by atoms with Gasteiger partial charge in [0.05, 0.1) is 12.2 Å². The lowest BCUT2D eigenvalue weighted by atomic mass is 10.1. The van der Waals surface area contributed by atoms with Crippen molar-refractivity contribution in [2.75, 3.05) is 11.5 Å². The Labute approximate surface area is 119 Å². The number of halogens is 1. The Morgan fingerprint density at radius 1 is 1.16 bits per heavy atom. The van der Waals surface area contributed by atoms with Gasteiger partial charge in [-0.3, -0.25) is 4.79 Å². The summed E-state index contributed by atoms with van der Waals surface area (Å²) in [7, 11) is 0. The molecule has 1 amide bonds. The fraction of sp³-hybridized carbons (Fsp3) is 0.133. The highest BCUT2D eigenvalue weighted by Gasteiger charge is 2.25. The van der Waals surface area contributed by atoms with Crippen molar-refractivity contribution in [3.8, 4) is 5.75 Å². The van der Waals surface area contributed by atoms with Crippen LogP contribution < -0.4 is 9.64 Å². The summed E-state index contributed by atoms with van der Waals surface area (Å²) in [5.41, 5.74) is 1.93. The number of carbonyl (C=O) groups is 1. The smallest absolute Gasteiger partial charge is 0.265 e. The van der Waals surface area contributed by atoms with Gasteiger partial charge in [0.2, 0.25) is 0 Å². The molecule has 0 fully saturated rings. The van der Waals surface area contributed by atoms with Gasteiger partial charge in [-0.05, 0) is 23.8 Å². The predicted molar refractivity (Wildman–Crippen MR) is 77.3 cm³/mol. The van der Waals surface area contributed by atoms with Crippen molar-refractivity contribution in [3.05, 3.63) is 58.6 Å².